The summed E-state index contributed by atoms with van der Waals surface area (Å²) < 4.78 is 13.2. The molecule has 0 saturated carbocycles. The number of aromatic nitrogens is 5. The van der Waals surface area contributed by atoms with E-state index in [2.05, 4.69) is 20.4 Å². The summed E-state index contributed by atoms with van der Waals surface area (Å²) in [6, 6.07) is 9.25. The van der Waals surface area contributed by atoms with Gasteiger partial charge < -0.3 is 20.0 Å². The maximum atomic E-state index is 11.2. The molecule has 0 radical (unpaired) electrons. The molecule has 0 spiro atoms. The molecule has 9 heteroatoms. The maximum Gasteiger partial charge on any atom is 0.227 e. The zero-order chi connectivity index (χ0) is 21.3. The van der Waals surface area contributed by atoms with Crippen LogP contribution in [0.25, 0.3) is 16.8 Å². The quantitative estimate of drug-likeness (QED) is 0.388. The molecule has 1 aromatic carbocycles. The summed E-state index contributed by atoms with van der Waals surface area (Å²) in [7, 11) is 3.22. The van der Waals surface area contributed by atoms with Crippen LogP contribution in [0.15, 0.2) is 42.7 Å². The largest absolute Gasteiger partial charge is 0.619 e. The second kappa shape index (κ2) is 7.86. The van der Waals surface area contributed by atoms with E-state index in [4.69, 9.17) is 9.47 Å². The lowest BCUT2D eigenvalue weighted by Crippen LogP contribution is -2.24. The number of hydrogen-bond acceptors (Lipinski definition) is 7. The van der Waals surface area contributed by atoms with Crippen molar-refractivity contribution in [2.75, 3.05) is 19.5 Å². The number of pyridine rings is 1. The minimum Gasteiger partial charge on any atom is -0.619 e. The number of aryl methyl sites for hydroxylation is 2. The summed E-state index contributed by atoms with van der Waals surface area (Å²) in [6.45, 7) is 4.27. The molecule has 30 heavy (non-hydrogen) atoms. The van der Waals surface area contributed by atoms with Crippen LogP contribution in [0.5, 0.6) is 11.5 Å². The van der Waals surface area contributed by atoms with Crippen LogP contribution in [0.3, 0.4) is 0 Å². The first-order valence-corrected chi connectivity index (χ1v) is 9.38. The third-order valence-electron chi connectivity index (χ3n) is 4.77. The molecule has 0 aliphatic heterocycles. The number of anilines is 1. The van der Waals surface area contributed by atoms with E-state index in [0.29, 0.717) is 35.5 Å². The molecule has 0 fully saturated rings. The SMILES string of the molecule is COc1ccc(-c2c(C)nn3c(NCc4cc[n+]([O-])cc4)nc(C)nc23)cc1OC. The molecule has 3 heterocycles. The number of hydrogen-bond donors (Lipinski definition) is 1. The highest BCUT2D eigenvalue weighted by Gasteiger charge is 2.18. The molecular weight excluding hydrogens is 384 g/mol. The van der Waals surface area contributed by atoms with Gasteiger partial charge in [-0.2, -0.15) is 19.3 Å². The van der Waals surface area contributed by atoms with E-state index in [1.807, 2.05) is 32.0 Å². The molecule has 0 aliphatic rings. The van der Waals surface area contributed by atoms with Gasteiger partial charge in [0.15, 0.2) is 29.5 Å². The van der Waals surface area contributed by atoms with Crippen LogP contribution in [-0.4, -0.2) is 33.8 Å². The van der Waals surface area contributed by atoms with Gasteiger partial charge in [0.2, 0.25) is 5.95 Å². The second-order valence-electron chi connectivity index (χ2n) is 6.78. The fraction of sp³-hybridized carbons (Fsp3) is 0.238. The molecule has 0 atom stereocenters. The Balaban J connectivity index is 1.76. The van der Waals surface area contributed by atoms with Crippen molar-refractivity contribution >= 4 is 11.6 Å². The molecule has 4 rings (SSSR count). The van der Waals surface area contributed by atoms with E-state index in [0.717, 1.165) is 27.1 Å². The summed E-state index contributed by atoms with van der Waals surface area (Å²) in [6.07, 6.45) is 2.93. The number of fused-ring (bicyclic) bond motifs is 1. The Morgan fingerprint density at radius 1 is 1.03 bits per heavy atom. The minimum atomic E-state index is 0.497. The summed E-state index contributed by atoms with van der Waals surface area (Å²) >= 11 is 0. The minimum absolute atomic E-state index is 0.497. The van der Waals surface area contributed by atoms with E-state index < -0.39 is 0 Å². The summed E-state index contributed by atoms with van der Waals surface area (Å²) in [4.78, 5) is 9.14. The molecule has 9 nitrogen and oxygen atoms in total. The van der Waals surface area contributed by atoms with Gasteiger partial charge in [0.25, 0.3) is 0 Å². The average molecular weight is 406 g/mol. The smallest absolute Gasteiger partial charge is 0.227 e. The second-order valence-corrected chi connectivity index (χ2v) is 6.78. The standard InChI is InChI=1S/C21H22N6O3/c1-13-19(16-5-6-17(29-3)18(11-16)30-4)20-23-14(2)24-21(27(20)25-13)22-12-15-7-9-26(28)10-8-15/h5-11H,12H2,1-4H3,(H,22,23,24). The van der Waals surface area contributed by atoms with Gasteiger partial charge in [0.05, 0.1) is 19.9 Å². The van der Waals surface area contributed by atoms with E-state index in [1.165, 1.54) is 12.4 Å². The Labute approximate surface area is 173 Å². The number of nitrogens with one attached hydrogen (secondary N) is 1. The molecule has 4 aromatic rings. The molecule has 0 amide bonds. The van der Waals surface area contributed by atoms with Gasteiger partial charge in [0.1, 0.15) is 5.82 Å². The Kier molecular flexibility index (Phi) is 5.09. The van der Waals surface area contributed by atoms with E-state index in [-0.39, 0.29) is 0 Å². The molecule has 0 aliphatic carbocycles. The van der Waals surface area contributed by atoms with Crippen molar-refractivity contribution in [3.8, 4) is 22.6 Å². The highest BCUT2D eigenvalue weighted by Crippen LogP contribution is 2.35. The normalized spacial score (nSPS) is 10.9. The Morgan fingerprint density at radius 2 is 1.77 bits per heavy atom. The zero-order valence-corrected chi connectivity index (χ0v) is 17.2. The number of methoxy groups -OCH3 is 2. The summed E-state index contributed by atoms with van der Waals surface area (Å²) in [5.41, 5.74) is 4.29. The molecule has 3 aromatic heterocycles. The van der Waals surface area contributed by atoms with Gasteiger partial charge in [-0.1, -0.05) is 6.07 Å². The van der Waals surface area contributed by atoms with Crippen molar-refractivity contribution in [1.82, 2.24) is 19.6 Å². The Morgan fingerprint density at radius 3 is 2.47 bits per heavy atom. The molecule has 0 unspecified atom stereocenters. The third-order valence-corrected chi connectivity index (χ3v) is 4.77. The van der Waals surface area contributed by atoms with Crippen molar-refractivity contribution < 1.29 is 14.2 Å². The summed E-state index contributed by atoms with van der Waals surface area (Å²) in [5, 5.41) is 19.2. The van der Waals surface area contributed by atoms with Gasteiger partial charge in [-0.25, -0.2) is 4.98 Å². The lowest BCUT2D eigenvalue weighted by atomic mass is 10.1. The zero-order valence-electron chi connectivity index (χ0n) is 17.2. The maximum absolute atomic E-state index is 11.2. The molecule has 0 bridgehead atoms. The molecular formula is C21H22N6O3. The summed E-state index contributed by atoms with van der Waals surface area (Å²) in [5.74, 6) is 2.49. The van der Waals surface area contributed by atoms with Crippen molar-refractivity contribution in [1.29, 1.82) is 0 Å². The van der Waals surface area contributed by atoms with Crippen LogP contribution < -0.4 is 19.5 Å². The van der Waals surface area contributed by atoms with Crippen LogP contribution in [0.2, 0.25) is 0 Å². The average Bonchev–Trinajstić information content (AvgIpc) is 3.08. The van der Waals surface area contributed by atoms with Crippen LogP contribution in [0.4, 0.5) is 5.95 Å². The molecule has 1 N–H and O–H groups in total. The van der Waals surface area contributed by atoms with E-state index in [9.17, 15) is 5.21 Å². The topological polar surface area (TPSA) is 101 Å². The number of nitrogens with zero attached hydrogens (tertiary/aromatic N) is 5. The number of benzene rings is 1. The van der Waals surface area contributed by atoms with Gasteiger partial charge in [0, 0.05) is 24.2 Å². The van der Waals surface area contributed by atoms with Crippen molar-refractivity contribution in [2.45, 2.75) is 20.4 Å². The van der Waals surface area contributed by atoms with Gasteiger partial charge in [-0.05, 0) is 37.1 Å². The van der Waals surface area contributed by atoms with Crippen LogP contribution in [-0.2, 0) is 6.54 Å². The van der Waals surface area contributed by atoms with Gasteiger partial charge >= 0.3 is 0 Å². The van der Waals surface area contributed by atoms with Gasteiger partial charge in [-0.15, -0.1) is 0 Å². The highest BCUT2D eigenvalue weighted by molar-refractivity contribution is 5.81. The van der Waals surface area contributed by atoms with Crippen molar-refractivity contribution in [2.24, 2.45) is 0 Å². The van der Waals surface area contributed by atoms with Crippen molar-refractivity contribution in [3.05, 3.63) is 65.0 Å². The third kappa shape index (κ3) is 3.57. The van der Waals surface area contributed by atoms with Crippen LogP contribution in [0.1, 0.15) is 17.1 Å². The Hall–Kier alpha value is -3.88. The first kappa shape index (κ1) is 19.4. The fourth-order valence-corrected chi connectivity index (χ4v) is 3.33. The Bertz CT molecular complexity index is 1200. The van der Waals surface area contributed by atoms with Crippen molar-refractivity contribution in [3.63, 3.8) is 0 Å². The van der Waals surface area contributed by atoms with Gasteiger partial charge in [-0.3, -0.25) is 0 Å². The molecule has 0 saturated heterocycles. The number of ether oxygens (including phenoxy) is 2. The first-order valence-electron chi connectivity index (χ1n) is 9.38. The van der Waals surface area contributed by atoms with Crippen LogP contribution >= 0.6 is 0 Å². The van der Waals surface area contributed by atoms with E-state index >= 15 is 0 Å². The lowest BCUT2D eigenvalue weighted by Gasteiger charge is -2.10. The highest BCUT2D eigenvalue weighted by atomic mass is 16.5. The number of rotatable bonds is 6. The van der Waals surface area contributed by atoms with Crippen LogP contribution in [0, 0.1) is 19.1 Å². The first-order chi connectivity index (χ1) is 14.5. The fourth-order valence-electron chi connectivity index (χ4n) is 3.33. The van der Waals surface area contributed by atoms with E-state index in [1.54, 1.807) is 30.9 Å². The monoisotopic (exact) mass is 406 g/mol. The predicted octanol–water partition coefficient (Wildman–Crippen LogP) is 2.67. The lowest BCUT2D eigenvalue weighted by molar-refractivity contribution is -0.605. The molecule has 154 valence electrons. The predicted molar refractivity (Wildman–Crippen MR) is 112 cm³/mol.